The van der Waals surface area contributed by atoms with Gasteiger partial charge in [0.25, 0.3) is 5.91 Å². The summed E-state index contributed by atoms with van der Waals surface area (Å²) < 4.78 is 5.57. The molecule has 0 aliphatic rings. The first kappa shape index (κ1) is 23.8. The SMILES string of the molecule is CCc1cccc2c(-c3ccccc3)c(C(=O)NN=Cc3ccccc3OC(=O)c3ccccc3)[nH]c12. The minimum Gasteiger partial charge on any atom is -0.422 e. The number of fused-ring (bicyclic) bond motifs is 1. The van der Waals surface area contributed by atoms with Gasteiger partial charge in [0.1, 0.15) is 11.4 Å². The third-order valence-corrected chi connectivity index (χ3v) is 6.09. The maximum absolute atomic E-state index is 13.3. The number of amides is 1. The highest BCUT2D eigenvalue weighted by Gasteiger charge is 2.20. The number of aryl methyl sites for hydroxylation is 1. The lowest BCUT2D eigenvalue weighted by molar-refractivity contribution is 0.0734. The van der Waals surface area contributed by atoms with E-state index in [0.717, 1.165) is 34.0 Å². The quantitative estimate of drug-likeness (QED) is 0.121. The van der Waals surface area contributed by atoms with Crippen molar-refractivity contribution in [1.29, 1.82) is 0 Å². The average molecular weight is 488 g/mol. The Kier molecular flexibility index (Phi) is 6.90. The van der Waals surface area contributed by atoms with Crippen LogP contribution in [0.2, 0.25) is 0 Å². The van der Waals surface area contributed by atoms with Crippen LogP contribution in [0.3, 0.4) is 0 Å². The molecule has 0 aliphatic heterocycles. The van der Waals surface area contributed by atoms with E-state index in [1.54, 1.807) is 48.5 Å². The topological polar surface area (TPSA) is 83.5 Å². The van der Waals surface area contributed by atoms with Gasteiger partial charge in [0.05, 0.1) is 11.8 Å². The summed E-state index contributed by atoms with van der Waals surface area (Å²) in [5.41, 5.74) is 7.90. The van der Waals surface area contributed by atoms with Gasteiger partial charge in [0.2, 0.25) is 0 Å². The van der Waals surface area contributed by atoms with Gasteiger partial charge in [-0.05, 0) is 41.8 Å². The van der Waals surface area contributed by atoms with E-state index in [2.05, 4.69) is 28.5 Å². The Morgan fingerprint density at radius 3 is 2.32 bits per heavy atom. The monoisotopic (exact) mass is 487 g/mol. The number of nitrogens with zero attached hydrogens (tertiary/aromatic N) is 1. The lowest BCUT2D eigenvalue weighted by Gasteiger charge is -2.07. The molecule has 0 fully saturated rings. The minimum atomic E-state index is -0.470. The molecule has 0 unspecified atom stereocenters. The molecule has 5 rings (SSSR count). The van der Waals surface area contributed by atoms with Gasteiger partial charge in [-0.15, -0.1) is 0 Å². The molecule has 0 saturated heterocycles. The van der Waals surface area contributed by atoms with E-state index in [1.807, 2.05) is 48.5 Å². The lowest BCUT2D eigenvalue weighted by Crippen LogP contribution is -2.19. The molecule has 2 N–H and O–H groups in total. The van der Waals surface area contributed by atoms with Crippen molar-refractivity contribution in [3.63, 3.8) is 0 Å². The fourth-order valence-electron chi connectivity index (χ4n) is 4.28. The van der Waals surface area contributed by atoms with Crippen LogP contribution in [0.25, 0.3) is 22.0 Å². The van der Waals surface area contributed by atoms with Crippen molar-refractivity contribution < 1.29 is 14.3 Å². The first-order valence-corrected chi connectivity index (χ1v) is 12.0. The van der Waals surface area contributed by atoms with E-state index >= 15 is 0 Å². The van der Waals surface area contributed by atoms with E-state index in [-0.39, 0.29) is 5.91 Å². The van der Waals surface area contributed by atoms with Gasteiger partial charge >= 0.3 is 5.97 Å². The third-order valence-electron chi connectivity index (χ3n) is 6.09. The Labute approximate surface area is 214 Å². The number of para-hydroxylation sites is 2. The summed E-state index contributed by atoms with van der Waals surface area (Å²) in [5.74, 6) is -0.493. The van der Waals surface area contributed by atoms with Gasteiger partial charge in [-0.3, -0.25) is 4.79 Å². The van der Waals surface area contributed by atoms with Crippen molar-refractivity contribution in [3.8, 4) is 16.9 Å². The van der Waals surface area contributed by atoms with Crippen LogP contribution in [0, 0.1) is 0 Å². The standard InChI is InChI=1S/C31H25N3O3/c1-2-21-17-11-18-25-27(22-12-5-3-6-13-22)29(33-28(21)25)30(35)34-32-20-24-16-9-10-19-26(24)37-31(36)23-14-7-4-8-15-23/h3-20,33H,2H2,1H3,(H,34,35). The molecule has 4 aromatic carbocycles. The van der Waals surface area contributed by atoms with Crippen LogP contribution >= 0.6 is 0 Å². The number of carbonyl (C=O) groups excluding carboxylic acids is 2. The molecule has 6 nitrogen and oxygen atoms in total. The van der Waals surface area contributed by atoms with Crippen LogP contribution in [0.1, 0.15) is 38.9 Å². The molecule has 1 aromatic heterocycles. The van der Waals surface area contributed by atoms with E-state index < -0.39 is 5.97 Å². The molecule has 0 atom stereocenters. The van der Waals surface area contributed by atoms with Crippen LogP contribution in [-0.4, -0.2) is 23.1 Å². The molecule has 37 heavy (non-hydrogen) atoms. The van der Waals surface area contributed by atoms with Crippen LogP contribution in [0.5, 0.6) is 5.75 Å². The van der Waals surface area contributed by atoms with Gasteiger partial charge in [-0.1, -0.05) is 85.8 Å². The van der Waals surface area contributed by atoms with Crippen LogP contribution < -0.4 is 10.2 Å². The molecule has 0 radical (unpaired) electrons. The number of ether oxygens (including phenoxy) is 1. The maximum Gasteiger partial charge on any atom is 0.343 e. The number of aromatic amines is 1. The number of hydrogen-bond donors (Lipinski definition) is 2. The molecule has 5 aromatic rings. The van der Waals surface area contributed by atoms with Crippen molar-refractivity contribution in [2.45, 2.75) is 13.3 Å². The number of nitrogens with one attached hydrogen (secondary N) is 2. The third kappa shape index (κ3) is 5.04. The summed E-state index contributed by atoms with van der Waals surface area (Å²) in [6.45, 7) is 2.09. The second-order valence-corrected chi connectivity index (χ2v) is 8.43. The number of hydrazone groups is 1. The molecule has 0 spiro atoms. The summed E-state index contributed by atoms with van der Waals surface area (Å²) >= 11 is 0. The molecular formula is C31H25N3O3. The Balaban J connectivity index is 1.41. The maximum atomic E-state index is 13.3. The van der Waals surface area contributed by atoms with Crippen molar-refractivity contribution in [3.05, 3.63) is 126 Å². The van der Waals surface area contributed by atoms with Gasteiger partial charge in [0, 0.05) is 22.0 Å². The normalized spacial score (nSPS) is 11.1. The second-order valence-electron chi connectivity index (χ2n) is 8.43. The molecule has 182 valence electrons. The smallest absolute Gasteiger partial charge is 0.343 e. The predicted molar refractivity (Wildman–Crippen MR) is 146 cm³/mol. The number of H-pyrrole nitrogens is 1. The van der Waals surface area contributed by atoms with Crippen molar-refractivity contribution >= 4 is 29.0 Å². The Hall–Kier alpha value is -4.97. The van der Waals surface area contributed by atoms with E-state index in [0.29, 0.717) is 22.6 Å². The summed E-state index contributed by atoms with van der Waals surface area (Å²) in [6, 6.07) is 31.7. The Bertz CT molecular complexity index is 1590. The zero-order chi connectivity index (χ0) is 25.6. The highest BCUT2D eigenvalue weighted by atomic mass is 16.5. The highest BCUT2D eigenvalue weighted by Crippen LogP contribution is 2.34. The van der Waals surface area contributed by atoms with Crippen molar-refractivity contribution in [2.75, 3.05) is 0 Å². The first-order valence-electron chi connectivity index (χ1n) is 12.0. The fraction of sp³-hybridized carbons (Fsp3) is 0.0645. The van der Waals surface area contributed by atoms with E-state index in [1.165, 1.54) is 6.21 Å². The van der Waals surface area contributed by atoms with Crippen LogP contribution in [0.4, 0.5) is 0 Å². The first-order chi connectivity index (χ1) is 18.2. The molecular weight excluding hydrogens is 462 g/mol. The van der Waals surface area contributed by atoms with Crippen molar-refractivity contribution in [2.24, 2.45) is 5.10 Å². The molecule has 1 amide bonds. The number of rotatable bonds is 7. The fourth-order valence-corrected chi connectivity index (χ4v) is 4.28. The number of hydrogen-bond acceptors (Lipinski definition) is 4. The summed E-state index contributed by atoms with van der Waals surface area (Å²) in [7, 11) is 0. The summed E-state index contributed by atoms with van der Waals surface area (Å²) in [4.78, 5) is 29.1. The molecule has 0 saturated carbocycles. The van der Waals surface area contributed by atoms with Gasteiger partial charge in [-0.25, -0.2) is 10.2 Å². The lowest BCUT2D eigenvalue weighted by atomic mass is 10.00. The number of benzene rings is 4. The zero-order valence-corrected chi connectivity index (χ0v) is 20.3. The Morgan fingerprint density at radius 2 is 1.57 bits per heavy atom. The van der Waals surface area contributed by atoms with Gasteiger partial charge < -0.3 is 9.72 Å². The minimum absolute atomic E-state index is 0.345. The van der Waals surface area contributed by atoms with Crippen LogP contribution in [0.15, 0.2) is 108 Å². The second kappa shape index (κ2) is 10.7. The van der Waals surface area contributed by atoms with Crippen LogP contribution in [-0.2, 0) is 6.42 Å². The number of aromatic nitrogens is 1. The molecule has 0 aliphatic carbocycles. The predicted octanol–water partition coefficient (Wildman–Crippen LogP) is 6.38. The number of esters is 1. The van der Waals surface area contributed by atoms with Gasteiger partial charge in [0.15, 0.2) is 0 Å². The summed E-state index contributed by atoms with van der Waals surface area (Å²) in [6.07, 6.45) is 2.30. The molecule has 1 heterocycles. The summed E-state index contributed by atoms with van der Waals surface area (Å²) in [5, 5.41) is 5.15. The number of carbonyl (C=O) groups is 2. The molecule has 0 bridgehead atoms. The van der Waals surface area contributed by atoms with E-state index in [4.69, 9.17) is 4.74 Å². The Morgan fingerprint density at radius 1 is 0.865 bits per heavy atom. The average Bonchev–Trinajstić information content (AvgIpc) is 3.35. The van der Waals surface area contributed by atoms with Gasteiger partial charge in [-0.2, -0.15) is 5.10 Å². The van der Waals surface area contributed by atoms with E-state index in [9.17, 15) is 9.59 Å². The molecule has 6 heteroatoms. The zero-order valence-electron chi connectivity index (χ0n) is 20.3. The van der Waals surface area contributed by atoms with Crippen molar-refractivity contribution in [1.82, 2.24) is 10.4 Å². The largest absolute Gasteiger partial charge is 0.422 e. The highest BCUT2D eigenvalue weighted by molar-refractivity contribution is 6.10.